The molecule has 0 fully saturated rings. The van der Waals surface area contributed by atoms with Crippen LogP contribution in [-0.4, -0.2) is 21.7 Å². The van der Waals surface area contributed by atoms with Crippen molar-refractivity contribution in [3.8, 4) is 17.4 Å². The van der Waals surface area contributed by atoms with Crippen LogP contribution in [0.4, 0.5) is 11.4 Å². The molecule has 1 aliphatic rings. The molecule has 0 amide bonds. The Morgan fingerprint density at radius 2 is 1.96 bits per heavy atom. The summed E-state index contributed by atoms with van der Waals surface area (Å²) in [6.07, 6.45) is 1.49. The number of anilines is 2. The van der Waals surface area contributed by atoms with Crippen LogP contribution in [0, 0.1) is 3.70 Å². The minimum absolute atomic E-state index is 0.439. The lowest BCUT2D eigenvalue weighted by molar-refractivity contribution is 0.357. The number of aromatic amines is 1. The van der Waals surface area contributed by atoms with Gasteiger partial charge in [-0.1, -0.05) is 11.6 Å². The zero-order chi connectivity index (χ0) is 18.4. The van der Waals surface area contributed by atoms with Gasteiger partial charge in [0.15, 0.2) is 6.73 Å². The van der Waals surface area contributed by atoms with E-state index in [0.29, 0.717) is 23.4 Å². The third-order valence-corrected chi connectivity index (χ3v) is 5.11. The van der Waals surface area contributed by atoms with E-state index in [9.17, 15) is 0 Å². The topological polar surface area (TPSA) is 63.3 Å². The molecule has 6 nitrogen and oxygen atoms in total. The van der Waals surface area contributed by atoms with Crippen molar-refractivity contribution in [2.45, 2.75) is 0 Å². The Morgan fingerprint density at radius 3 is 2.81 bits per heavy atom. The number of fused-ring (bicyclic) bond motifs is 2. The lowest BCUT2D eigenvalue weighted by atomic mass is 10.2. The lowest BCUT2D eigenvalue weighted by Crippen LogP contribution is -2.15. The first-order valence-electron chi connectivity index (χ1n) is 8.14. The monoisotopic (exact) mass is 490 g/mol. The van der Waals surface area contributed by atoms with Gasteiger partial charge in [-0.25, -0.2) is 9.97 Å². The second-order valence-corrected chi connectivity index (χ2v) is 7.57. The number of rotatable bonds is 3. The van der Waals surface area contributed by atoms with E-state index in [-0.39, 0.29) is 0 Å². The molecule has 3 heterocycles. The summed E-state index contributed by atoms with van der Waals surface area (Å²) in [5.41, 5.74) is 2.68. The first-order valence-corrected chi connectivity index (χ1v) is 9.60. The highest BCUT2D eigenvalue weighted by Gasteiger charge is 2.23. The molecule has 0 spiro atoms. The molecular weight excluding hydrogens is 479 g/mol. The second kappa shape index (κ2) is 6.58. The van der Waals surface area contributed by atoms with Crippen LogP contribution in [0.1, 0.15) is 0 Å². The fourth-order valence-corrected chi connectivity index (χ4v) is 3.70. The predicted molar refractivity (Wildman–Crippen MR) is 112 cm³/mol. The fourth-order valence-electron chi connectivity index (χ4n) is 3.01. The van der Waals surface area contributed by atoms with E-state index >= 15 is 0 Å². The summed E-state index contributed by atoms with van der Waals surface area (Å²) < 4.78 is 12.8. The quantitative estimate of drug-likeness (QED) is 0.385. The van der Waals surface area contributed by atoms with Crippen molar-refractivity contribution in [1.82, 2.24) is 15.0 Å². The molecule has 4 aromatic rings. The number of hydrogen-bond acceptors (Lipinski definition) is 5. The first kappa shape index (κ1) is 16.6. The number of nitrogens with zero attached hydrogens (tertiary/aromatic N) is 3. The molecule has 0 saturated heterocycles. The second-order valence-electron chi connectivity index (χ2n) is 5.97. The molecule has 5 rings (SSSR count). The molecule has 8 heteroatoms. The van der Waals surface area contributed by atoms with Gasteiger partial charge in [-0.2, -0.15) is 0 Å². The average molecular weight is 491 g/mol. The maximum absolute atomic E-state index is 6.06. The third kappa shape index (κ3) is 3.06. The van der Waals surface area contributed by atoms with Crippen LogP contribution in [0.2, 0.25) is 5.02 Å². The van der Waals surface area contributed by atoms with Crippen molar-refractivity contribution in [3.63, 3.8) is 0 Å². The minimum atomic E-state index is 0.439. The SMILES string of the molecule is Clc1ccc(N2COc3ccc(Oc4ncnc5[nH]c(I)cc45)cc32)cc1. The van der Waals surface area contributed by atoms with Crippen molar-refractivity contribution in [1.29, 1.82) is 0 Å². The van der Waals surface area contributed by atoms with Crippen LogP contribution < -0.4 is 14.4 Å². The van der Waals surface area contributed by atoms with Crippen LogP contribution >= 0.6 is 34.2 Å². The van der Waals surface area contributed by atoms with Crippen molar-refractivity contribution in [2.24, 2.45) is 0 Å². The molecule has 0 atom stereocenters. The summed E-state index contributed by atoms with van der Waals surface area (Å²) in [6, 6.07) is 15.3. The summed E-state index contributed by atoms with van der Waals surface area (Å²) in [5, 5.41) is 1.54. The summed E-state index contributed by atoms with van der Waals surface area (Å²) in [4.78, 5) is 13.7. The zero-order valence-corrected chi connectivity index (χ0v) is 16.7. The molecule has 2 aromatic carbocycles. The summed E-state index contributed by atoms with van der Waals surface area (Å²) in [5.74, 6) is 1.99. The van der Waals surface area contributed by atoms with Gasteiger partial charge in [-0.3, -0.25) is 0 Å². The minimum Gasteiger partial charge on any atom is -0.471 e. The Hall–Kier alpha value is -2.52. The van der Waals surface area contributed by atoms with Gasteiger partial charge < -0.3 is 19.4 Å². The fraction of sp³-hybridized carbons (Fsp3) is 0.0526. The van der Waals surface area contributed by atoms with E-state index in [2.05, 4.69) is 42.4 Å². The molecule has 0 radical (unpaired) electrons. The molecule has 2 aromatic heterocycles. The van der Waals surface area contributed by atoms with Gasteiger partial charge in [0.05, 0.1) is 14.8 Å². The molecule has 1 N–H and O–H groups in total. The van der Waals surface area contributed by atoms with Gasteiger partial charge in [-0.05, 0) is 65.1 Å². The molecule has 134 valence electrons. The summed E-state index contributed by atoms with van der Waals surface area (Å²) in [7, 11) is 0. The lowest BCUT2D eigenvalue weighted by Gasteiger charge is -2.17. The molecule has 27 heavy (non-hydrogen) atoms. The summed E-state index contributed by atoms with van der Waals surface area (Å²) in [6.45, 7) is 0.439. The number of halogens is 2. The van der Waals surface area contributed by atoms with Crippen LogP contribution in [0.3, 0.4) is 0 Å². The van der Waals surface area contributed by atoms with E-state index < -0.39 is 0 Å². The Balaban J connectivity index is 1.50. The molecule has 0 aliphatic carbocycles. The Morgan fingerprint density at radius 1 is 1.11 bits per heavy atom. The van der Waals surface area contributed by atoms with E-state index in [1.54, 1.807) is 0 Å². The highest BCUT2D eigenvalue weighted by atomic mass is 127. The Labute approximate surface area is 173 Å². The summed E-state index contributed by atoms with van der Waals surface area (Å²) >= 11 is 8.20. The maximum atomic E-state index is 6.06. The highest BCUT2D eigenvalue weighted by molar-refractivity contribution is 14.1. The van der Waals surface area contributed by atoms with E-state index in [4.69, 9.17) is 21.1 Å². The first-order chi connectivity index (χ1) is 13.2. The van der Waals surface area contributed by atoms with Gasteiger partial charge >= 0.3 is 0 Å². The third-order valence-electron chi connectivity index (χ3n) is 4.28. The smallest absolute Gasteiger partial charge is 0.231 e. The van der Waals surface area contributed by atoms with Crippen LogP contribution in [0.5, 0.6) is 17.4 Å². The largest absolute Gasteiger partial charge is 0.471 e. The van der Waals surface area contributed by atoms with Gasteiger partial charge in [0.2, 0.25) is 5.88 Å². The van der Waals surface area contributed by atoms with Crippen molar-refractivity contribution < 1.29 is 9.47 Å². The Kier molecular flexibility index (Phi) is 4.05. The molecule has 1 aliphatic heterocycles. The van der Waals surface area contributed by atoms with Gasteiger partial charge in [0, 0.05) is 16.8 Å². The van der Waals surface area contributed by atoms with E-state index in [0.717, 1.165) is 31.9 Å². The maximum Gasteiger partial charge on any atom is 0.231 e. The Bertz CT molecular complexity index is 1150. The highest BCUT2D eigenvalue weighted by Crippen LogP contribution is 2.42. The normalized spacial score (nSPS) is 12.9. The predicted octanol–water partition coefficient (Wildman–Crippen LogP) is 5.50. The number of nitrogens with one attached hydrogen (secondary N) is 1. The van der Waals surface area contributed by atoms with E-state index in [1.165, 1.54) is 6.33 Å². The van der Waals surface area contributed by atoms with Crippen molar-refractivity contribution >= 4 is 56.6 Å². The molecule has 0 bridgehead atoms. The number of ether oxygens (including phenoxy) is 2. The number of H-pyrrole nitrogens is 1. The average Bonchev–Trinajstić information content (AvgIpc) is 3.25. The molecular formula is C19H12ClIN4O2. The van der Waals surface area contributed by atoms with Gasteiger partial charge in [-0.15, -0.1) is 0 Å². The van der Waals surface area contributed by atoms with Crippen LogP contribution in [-0.2, 0) is 0 Å². The van der Waals surface area contributed by atoms with Crippen molar-refractivity contribution in [3.05, 3.63) is 63.6 Å². The number of hydrogen-bond donors (Lipinski definition) is 1. The van der Waals surface area contributed by atoms with Crippen LogP contribution in [0.15, 0.2) is 54.9 Å². The molecule has 0 unspecified atom stereocenters. The van der Waals surface area contributed by atoms with Gasteiger partial charge in [0.1, 0.15) is 23.5 Å². The van der Waals surface area contributed by atoms with Crippen LogP contribution in [0.25, 0.3) is 11.0 Å². The number of benzene rings is 2. The van der Waals surface area contributed by atoms with Gasteiger partial charge in [0.25, 0.3) is 0 Å². The number of aromatic nitrogens is 3. The zero-order valence-electron chi connectivity index (χ0n) is 13.8. The molecule has 0 saturated carbocycles. The standard InChI is InChI=1S/C19H12ClIN4O2/c20-11-1-3-12(4-2-11)25-10-26-16-6-5-13(7-15(16)25)27-19-14-8-17(21)24-18(14)22-9-23-19/h1-9H,10H2,(H,22,23,24). The van der Waals surface area contributed by atoms with Crippen molar-refractivity contribution in [2.75, 3.05) is 11.6 Å². The van der Waals surface area contributed by atoms with E-state index in [1.807, 2.05) is 48.5 Å².